The minimum atomic E-state index is -0.0966. The highest BCUT2D eigenvalue weighted by Gasteiger charge is 1.95. The Morgan fingerprint density at radius 3 is 1.00 bits per heavy atom. The molecule has 2 atom stereocenters. The van der Waals surface area contributed by atoms with Crippen molar-refractivity contribution in [2.75, 3.05) is 0 Å². The molecule has 142 valence electrons. The Morgan fingerprint density at radius 2 is 0.739 bits per heavy atom. The third-order valence-electron chi connectivity index (χ3n) is 4.20. The number of rotatable bonds is 15. The average molecular weight is 331 g/mol. The summed E-state index contributed by atoms with van der Waals surface area (Å²) in [5, 5.41) is 17.9. The van der Waals surface area contributed by atoms with Crippen molar-refractivity contribution in [3.8, 4) is 0 Å². The van der Waals surface area contributed by atoms with E-state index in [4.69, 9.17) is 10.2 Å². The summed E-state index contributed by atoms with van der Waals surface area (Å²) in [6.07, 6.45) is 19.0. The van der Waals surface area contributed by atoms with Gasteiger partial charge in [0.2, 0.25) is 0 Å². The van der Waals surface area contributed by atoms with E-state index in [1.165, 1.54) is 83.5 Å². The third-order valence-corrected chi connectivity index (χ3v) is 4.20. The molecule has 0 bridgehead atoms. The maximum Gasteiger partial charge on any atom is 0.0512 e. The van der Waals surface area contributed by atoms with Crippen molar-refractivity contribution in [1.29, 1.82) is 0 Å². The Balaban J connectivity index is 0. The van der Waals surface area contributed by atoms with Crippen molar-refractivity contribution in [3.63, 3.8) is 0 Å². The Labute approximate surface area is 147 Å². The zero-order valence-electron chi connectivity index (χ0n) is 16.7. The van der Waals surface area contributed by atoms with E-state index in [9.17, 15) is 0 Å². The third kappa shape index (κ3) is 30.4. The van der Waals surface area contributed by atoms with Crippen LogP contribution in [0.25, 0.3) is 0 Å². The van der Waals surface area contributed by atoms with Crippen LogP contribution in [0.15, 0.2) is 0 Å². The summed E-state index contributed by atoms with van der Waals surface area (Å²) in [5.74, 6) is 0. The first kappa shape index (κ1) is 25.2. The Bertz CT molecular complexity index is 190. The number of aliphatic hydroxyl groups is 2. The molecule has 0 radical (unpaired) electrons. The maximum atomic E-state index is 8.99. The van der Waals surface area contributed by atoms with Gasteiger partial charge in [-0.15, -0.1) is 0 Å². The van der Waals surface area contributed by atoms with Crippen LogP contribution >= 0.6 is 0 Å². The number of aliphatic hydroxyl groups excluding tert-OH is 2. The van der Waals surface area contributed by atoms with E-state index in [0.717, 1.165) is 12.8 Å². The zero-order valence-corrected chi connectivity index (χ0v) is 16.7. The van der Waals surface area contributed by atoms with Gasteiger partial charge in [0.25, 0.3) is 0 Å². The summed E-state index contributed by atoms with van der Waals surface area (Å²) in [6, 6.07) is 0. The van der Waals surface area contributed by atoms with E-state index in [1.807, 2.05) is 13.8 Å². The topological polar surface area (TPSA) is 40.5 Å². The van der Waals surface area contributed by atoms with Crippen LogP contribution in [-0.4, -0.2) is 22.4 Å². The summed E-state index contributed by atoms with van der Waals surface area (Å²) in [4.78, 5) is 0. The monoisotopic (exact) mass is 330 g/mol. The molecule has 0 amide bonds. The molecule has 0 saturated carbocycles. The van der Waals surface area contributed by atoms with Crippen molar-refractivity contribution in [3.05, 3.63) is 0 Å². The molecule has 0 aliphatic rings. The van der Waals surface area contributed by atoms with E-state index in [0.29, 0.717) is 0 Å². The summed E-state index contributed by atoms with van der Waals surface area (Å²) < 4.78 is 0. The van der Waals surface area contributed by atoms with E-state index >= 15 is 0 Å². The maximum absolute atomic E-state index is 8.99. The lowest BCUT2D eigenvalue weighted by Gasteiger charge is -2.03. The minimum absolute atomic E-state index is 0.0961. The highest BCUT2D eigenvalue weighted by molar-refractivity contribution is 4.50. The predicted octanol–water partition coefficient (Wildman–Crippen LogP) is 6.63. The van der Waals surface area contributed by atoms with E-state index in [1.54, 1.807) is 0 Å². The molecule has 0 aromatic heterocycles. The molecule has 2 N–H and O–H groups in total. The van der Waals surface area contributed by atoms with Crippen molar-refractivity contribution in [2.24, 2.45) is 0 Å². The lowest BCUT2D eigenvalue weighted by Crippen LogP contribution is -1.98. The number of hydrogen-bond acceptors (Lipinski definition) is 2. The molecule has 0 aromatic carbocycles. The van der Waals surface area contributed by atoms with Gasteiger partial charge >= 0.3 is 0 Å². The van der Waals surface area contributed by atoms with Gasteiger partial charge in [-0.05, 0) is 26.7 Å². The highest BCUT2D eigenvalue weighted by atomic mass is 16.3. The fourth-order valence-corrected chi connectivity index (χ4v) is 2.62. The van der Waals surface area contributed by atoms with Crippen LogP contribution in [0.1, 0.15) is 124 Å². The first-order valence-electron chi connectivity index (χ1n) is 10.4. The van der Waals surface area contributed by atoms with Gasteiger partial charge in [0.1, 0.15) is 0 Å². The van der Waals surface area contributed by atoms with E-state index in [2.05, 4.69) is 13.8 Å². The van der Waals surface area contributed by atoms with Gasteiger partial charge in [-0.1, -0.05) is 97.3 Å². The molecule has 0 saturated heterocycles. The van der Waals surface area contributed by atoms with Gasteiger partial charge < -0.3 is 10.2 Å². The molecular weight excluding hydrogens is 284 g/mol. The van der Waals surface area contributed by atoms with Crippen LogP contribution in [0.4, 0.5) is 0 Å². The van der Waals surface area contributed by atoms with Crippen molar-refractivity contribution in [2.45, 2.75) is 136 Å². The smallest absolute Gasteiger partial charge is 0.0512 e. The Hall–Kier alpha value is -0.0800. The van der Waals surface area contributed by atoms with Gasteiger partial charge in [-0.25, -0.2) is 0 Å². The van der Waals surface area contributed by atoms with Crippen molar-refractivity contribution in [1.82, 2.24) is 0 Å². The minimum Gasteiger partial charge on any atom is -0.393 e. The summed E-state index contributed by atoms with van der Waals surface area (Å²) in [5.41, 5.74) is 0. The van der Waals surface area contributed by atoms with Crippen molar-refractivity contribution < 1.29 is 10.2 Å². The fraction of sp³-hybridized carbons (Fsp3) is 1.00. The van der Waals surface area contributed by atoms with Gasteiger partial charge in [0.15, 0.2) is 0 Å². The molecule has 0 aliphatic heterocycles. The molecule has 0 spiro atoms. The number of unbranched alkanes of at least 4 members (excludes halogenated alkanes) is 11. The van der Waals surface area contributed by atoms with E-state index < -0.39 is 0 Å². The van der Waals surface area contributed by atoms with Gasteiger partial charge in [0.05, 0.1) is 12.2 Å². The second-order valence-electron chi connectivity index (χ2n) is 7.16. The van der Waals surface area contributed by atoms with Gasteiger partial charge in [-0.3, -0.25) is 0 Å². The Kier molecular flexibility index (Phi) is 24.0. The molecule has 0 rings (SSSR count). The molecule has 0 heterocycles. The molecular formula is C21H46O2. The average Bonchev–Trinajstić information content (AvgIpc) is 2.50. The quantitative estimate of drug-likeness (QED) is 0.331. The van der Waals surface area contributed by atoms with Crippen LogP contribution in [0.2, 0.25) is 0 Å². The van der Waals surface area contributed by atoms with Gasteiger partial charge in [-0.2, -0.15) is 0 Å². The SMILES string of the molecule is CCCCCCCCC(C)O.CCCCCCCCCC(C)O. The van der Waals surface area contributed by atoms with Crippen LogP contribution in [-0.2, 0) is 0 Å². The molecule has 0 aliphatic carbocycles. The van der Waals surface area contributed by atoms with Crippen LogP contribution in [0, 0.1) is 0 Å². The van der Waals surface area contributed by atoms with Gasteiger partial charge in [0, 0.05) is 0 Å². The molecule has 2 unspecified atom stereocenters. The highest BCUT2D eigenvalue weighted by Crippen LogP contribution is 2.09. The molecule has 23 heavy (non-hydrogen) atoms. The van der Waals surface area contributed by atoms with Crippen LogP contribution in [0.3, 0.4) is 0 Å². The molecule has 0 fully saturated rings. The Morgan fingerprint density at radius 1 is 0.478 bits per heavy atom. The molecule has 2 heteroatoms. The predicted molar refractivity (Wildman–Crippen MR) is 104 cm³/mol. The fourth-order valence-electron chi connectivity index (χ4n) is 2.62. The normalized spacial score (nSPS) is 13.3. The van der Waals surface area contributed by atoms with Crippen molar-refractivity contribution >= 4 is 0 Å². The second kappa shape index (κ2) is 21.9. The molecule has 2 nitrogen and oxygen atoms in total. The first-order valence-corrected chi connectivity index (χ1v) is 10.4. The summed E-state index contributed by atoms with van der Waals surface area (Å²) >= 11 is 0. The summed E-state index contributed by atoms with van der Waals surface area (Å²) in [6.45, 7) is 8.21. The largest absolute Gasteiger partial charge is 0.393 e. The standard InChI is InChI=1S/C11H24O.C10H22O/c1-3-4-5-6-7-8-9-10-11(2)12;1-3-4-5-6-7-8-9-10(2)11/h11-12H,3-10H2,1-2H3;10-11H,3-9H2,1-2H3. The lowest BCUT2D eigenvalue weighted by atomic mass is 10.1. The molecule has 0 aromatic rings. The lowest BCUT2D eigenvalue weighted by molar-refractivity contribution is 0.180. The summed E-state index contributed by atoms with van der Waals surface area (Å²) in [7, 11) is 0. The number of hydrogen-bond donors (Lipinski definition) is 2. The van der Waals surface area contributed by atoms with Crippen LogP contribution in [0.5, 0.6) is 0 Å². The first-order chi connectivity index (χ1) is 11.0. The van der Waals surface area contributed by atoms with Crippen LogP contribution < -0.4 is 0 Å². The second-order valence-corrected chi connectivity index (χ2v) is 7.16. The van der Waals surface area contributed by atoms with E-state index in [-0.39, 0.29) is 12.2 Å². The zero-order chi connectivity index (χ0) is 17.8.